The lowest BCUT2D eigenvalue weighted by Gasteiger charge is -2.33. The maximum absolute atomic E-state index is 5.81. The molecule has 4 aliphatic rings. The summed E-state index contributed by atoms with van der Waals surface area (Å²) in [5.74, 6) is 7.53. The quantitative estimate of drug-likeness (QED) is 0.0567. The summed E-state index contributed by atoms with van der Waals surface area (Å²) in [6.07, 6.45) is 15.1. The van der Waals surface area contributed by atoms with E-state index in [2.05, 4.69) is 69.8 Å². The van der Waals surface area contributed by atoms with Crippen molar-refractivity contribution < 1.29 is 37.9 Å². The molecule has 4 aromatic carbocycles. The molecule has 8 rings (SSSR count). The second-order valence-corrected chi connectivity index (χ2v) is 19.3. The van der Waals surface area contributed by atoms with Gasteiger partial charge in [-0.25, -0.2) is 0 Å². The van der Waals surface area contributed by atoms with Crippen LogP contribution in [0.3, 0.4) is 0 Å². The molecule has 4 atom stereocenters. The standard InChI is InChI=1S/C56H78N4O8/c1-61-49-27-37-19-23-57-45(41(37)31-53(49)65-5)15-11-35(12-16-46-42-32-54(66-6)50(62-2)28-38(42)20-24-58-46)9-10-36(13-17-47-43-33-55(67-7)51(63-3)29-39(43)21-25-59-47)14-18-48-44-34-56(68-8)52(64-4)30-40(44)22-26-60-48/h27-36,45-48,57-60H,9-26H2,1-8H3. The minimum absolute atomic E-state index is 0.267. The number of fused-ring (bicyclic) bond motifs is 4. The normalized spacial score (nSPS) is 20.4. The topological polar surface area (TPSA) is 122 Å². The van der Waals surface area contributed by atoms with Crippen molar-refractivity contribution in [1.29, 1.82) is 0 Å². The van der Waals surface area contributed by atoms with Crippen LogP contribution in [-0.4, -0.2) is 83.1 Å². The SMILES string of the molecule is COc1cc2c(cc1OC)C(CCC(CCC(CCC1NCCc3cc(OC)c(OC)cc31)CCC1NCCc3cc(OC)c(OC)cc31)CCC1NCCc3cc(OC)c(OC)cc31)NCC2. The molecule has 68 heavy (non-hydrogen) atoms. The van der Waals surface area contributed by atoms with Gasteiger partial charge in [-0.3, -0.25) is 0 Å². The highest BCUT2D eigenvalue weighted by atomic mass is 16.5. The predicted octanol–water partition coefficient (Wildman–Crippen LogP) is 9.74. The molecule has 370 valence electrons. The molecule has 0 saturated heterocycles. The van der Waals surface area contributed by atoms with E-state index in [4.69, 9.17) is 37.9 Å². The predicted molar refractivity (Wildman–Crippen MR) is 269 cm³/mol. The second-order valence-electron chi connectivity index (χ2n) is 19.3. The van der Waals surface area contributed by atoms with Crippen molar-refractivity contribution in [2.75, 3.05) is 83.1 Å². The van der Waals surface area contributed by atoms with Gasteiger partial charge in [0.1, 0.15) is 0 Å². The zero-order valence-electron chi connectivity index (χ0n) is 42.1. The van der Waals surface area contributed by atoms with Crippen molar-refractivity contribution in [2.24, 2.45) is 11.8 Å². The molecule has 4 aliphatic heterocycles. The molecule has 4 aromatic rings. The van der Waals surface area contributed by atoms with Gasteiger partial charge in [0.15, 0.2) is 46.0 Å². The van der Waals surface area contributed by atoms with Crippen molar-refractivity contribution in [1.82, 2.24) is 21.3 Å². The first kappa shape index (κ1) is 49.5. The first-order valence-corrected chi connectivity index (χ1v) is 25.2. The summed E-state index contributed by atoms with van der Waals surface area (Å²) in [4.78, 5) is 0. The summed E-state index contributed by atoms with van der Waals surface area (Å²) < 4.78 is 46.2. The van der Waals surface area contributed by atoms with Crippen LogP contribution in [0.15, 0.2) is 48.5 Å². The van der Waals surface area contributed by atoms with E-state index < -0.39 is 0 Å². The smallest absolute Gasteiger partial charge is 0.161 e. The lowest BCUT2D eigenvalue weighted by atomic mass is 9.80. The van der Waals surface area contributed by atoms with Gasteiger partial charge in [0.05, 0.1) is 56.9 Å². The molecule has 0 amide bonds. The van der Waals surface area contributed by atoms with Crippen molar-refractivity contribution in [3.05, 3.63) is 93.0 Å². The highest BCUT2D eigenvalue weighted by Gasteiger charge is 2.30. The molecule has 4 heterocycles. The van der Waals surface area contributed by atoms with E-state index in [0.29, 0.717) is 11.8 Å². The third-order valence-electron chi connectivity index (χ3n) is 15.7. The van der Waals surface area contributed by atoms with Crippen molar-refractivity contribution in [3.8, 4) is 46.0 Å². The van der Waals surface area contributed by atoms with Gasteiger partial charge < -0.3 is 59.2 Å². The fourth-order valence-electron chi connectivity index (χ4n) is 11.9. The number of hydrogen-bond donors (Lipinski definition) is 4. The van der Waals surface area contributed by atoms with Crippen LogP contribution in [0.5, 0.6) is 46.0 Å². The largest absolute Gasteiger partial charge is 0.493 e. The average Bonchev–Trinajstić information content (AvgIpc) is 3.38. The minimum atomic E-state index is 0.267. The molecule has 12 heteroatoms. The van der Waals surface area contributed by atoms with Crippen LogP contribution in [-0.2, 0) is 25.7 Å². The number of hydrogen-bond acceptors (Lipinski definition) is 12. The van der Waals surface area contributed by atoms with Gasteiger partial charge in [-0.15, -0.1) is 0 Å². The van der Waals surface area contributed by atoms with Gasteiger partial charge in [-0.2, -0.15) is 0 Å². The Labute approximate surface area is 405 Å². The molecule has 4 unspecified atom stereocenters. The van der Waals surface area contributed by atoms with E-state index in [1.165, 1.54) is 57.3 Å². The molecule has 0 bridgehead atoms. The molecule has 0 saturated carbocycles. The van der Waals surface area contributed by atoms with Gasteiger partial charge in [0.2, 0.25) is 0 Å². The van der Waals surface area contributed by atoms with Crippen LogP contribution < -0.4 is 59.2 Å². The average molecular weight is 935 g/mol. The lowest BCUT2D eigenvalue weighted by molar-refractivity contribution is 0.278. The Morgan fingerprint density at radius 1 is 0.324 bits per heavy atom. The van der Waals surface area contributed by atoms with Crippen molar-refractivity contribution in [3.63, 3.8) is 0 Å². The van der Waals surface area contributed by atoms with Gasteiger partial charge >= 0.3 is 0 Å². The third kappa shape index (κ3) is 11.3. The van der Waals surface area contributed by atoms with Gasteiger partial charge in [0, 0.05) is 24.2 Å². The Balaban J connectivity index is 1.05. The Hall–Kier alpha value is -4.88. The van der Waals surface area contributed by atoms with E-state index in [-0.39, 0.29) is 24.2 Å². The lowest BCUT2D eigenvalue weighted by Crippen LogP contribution is -2.31. The first-order valence-electron chi connectivity index (χ1n) is 25.2. The van der Waals surface area contributed by atoms with Crippen LogP contribution in [0.25, 0.3) is 0 Å². The second kappa shape index (κ2) is 23.6. The van der Waals surface area contributed by atoms with Crippen LogP contribution in [0.4, 0.5) is 0 Å². The summed E-state index contributed by atoms with van der Waals surface area (Å²) in [5.41, 5.74) is 10.8. The monoisotopic (exact) mass is 935 g/mol. The number of benzene rings is 4. The van der Waals surface area contributed by atoms with E-state index in [1.54, 1.807) is 56.9 Å². The number of nitrogens with one attached hydrogen (secondary N) is 4. The number of ether oxygens (including phenoxy) is 8. The molecular weight excluding hydrogens is 857 g/mol. The van der Waals surface area contributed by atoms with E-state index >= 15 is 0 Å². The van der Waals surface area contributed by atoms with Crippen LogP contribution >= 0.6 is 0 Å². The van der Waals surface area contributed by atoms with Crippen molar-refractivity contribution in [2.45, 2.75) is 114 Å². The molecule has 0 fully saturated rings. The summed E-state index contributed by atoms with van der Waals surface area (Å²) >= 11 is 0. The molecule has 0 spiro atoms. The third-order valence-corrected chi connectivity index (χ3v) is 15.7. The summed E-state index contributed by atoms with van der Waals surface area (Å²) in [6.45, 7) is 3.84. The summed E-state index contributed by atoms with van der Waals surface area (Å²) in [7, 11) is 13.9. The number of rotatable bonds is 23. The Morgan fingerprint density at radius 2 is 0.529 bits per heavy atom. The molecule has 0 aliphatic carbocycles. The highest BCUT2D eigenvalue weighted by Crippen LogP contribution is 2.43. The Morgan fingerprint density at radius 3 is 0.735 bits per heavy atom. The molecule has 4 N–H and O–H groups in total. The Kier molecular flexibility index (Phi) is 17.2. The summed E-state index contributed by atoms with van der Waals surface area (Å²) in [5, 5.41) is 15.6. The maximum Gasteiger partial charge on any atom is 0.161 e. The fraction of sp³-hybridized carbons (Fsp3) is 0.571. The van der Waals surface area contributed by atoms with Crippen LogP contribution in [0.2, 0.25) is 0 Å². The van der Waals surface area contributed by atoms with E-state index in [9.17, 15) is 0 Å². The number of methoxy groups -OCH3 is 8. The van der Waals surface area contributed by atoms with E-state index in [0.717, 1.165) is 149 Å². The Bertz CT molecular complexity index is 1990. The van der Waals surface area contributed by atoms with Gasteiger partial charge in [-0.1, -0.05) is 12.8 Å². The minimum Gasteiger partial charge on any atom is -0.493 e. The highest BCUT2D eigenvalue weighted by molar-refractivity contribution is 5.52. The van der Waals surface area contributed by atoms with Crippen LogP contribution in [0.1, 0.15) is 133 Å². The molecule has 12 nitrogen and oxygen atoms in total. The maximum atomic E-state index is 5.81. The van der Waals surface area contributed by atoms with E-state index in [1.807, 2.05) is 0 Å². The zero-order chi connectivity index (χ0) is 47.6. The van der Waals surface area contributed by atoms with Gasteiger partial charge in [-0.05, 0) is 208 Å². The van der Waals surface area contributed by atoms with Gasteiger partial charge in [0.25, 0.3) is 0 Å². The zero-order valence-corrected chi connectivity index (χ0v) is 42.1. The van der Waals surface area contributed by atoms with Crippen LogP contribution in [0, 0.1) is 11.8 Å². The first-order chi connectivity index (χ1) is 33.3. The summed E-state index contributed by atoms with van der Waals surface area (Å²) in [6, 6.07) is 18.7. The molecule has 0 radical (unpaired) electrons. The van der Waals surface area contributed by atoms with Crippen molar-refractivity contribution >= 4 is 0 Å². The fourth-order valence-corrected chi connectivity index (χ4v) is 11.9. The molecular formula is C56H78N4O8. The molecule has 0 aromatic heterocycles.